The van der Waals surface area contributed by atoms with Gasteiger partial charge in [0.05, 0.1) is 5.56 Å². The Morgan fingerprint density at radius 1 is 1.42 bits per heavy atom. The van der Waals surface area contributed by atoms with E-state index in [9.17, 15) is 4.79 Å². The summed E-state index contributed by atoms with van der Waals surface area (Å²) in [7, 11) is 0. The summed E-state index contributed by atoms with van der Waals surface area (Å²) in [6.07, 6.45) is 3.62. The Kier molecular flexibility index (Phi) is 4.59. The number of hydrogen-bond acceptors (Lipinski definition) is 2. The van der Waals surface area contributed by atoms with E-state index in [1.807, 2.05) is 12.1 Å². The molecule has 1 saturated heterocycles. The van der Waals surface area contributed by atoms with Crippen molar-refractivity contribution in [3.63, 3.8) is 0 Å². The third-order valence-electron chi connectivity index (χ3n) is 4.30. The molecule has 1 heterocycles. The predicted octanol–water partition coefficient (Wildman–Crippen LogP) is 3.36. The van der Waals surface area contributed by atoms with E-state index >= 15 is 0 Å². The third kappa shape index (κ3) is 3.35. The summed E-state index contributed by atoms with van der Waals surface area (Å²) in [5, 5.41) is 8.92. The molecular weight excluding hydrogens is 238 g/mol. The number of likely N-dealkylation sites (tertiary alicyclic amines) is 1. The monoisotopic (exact) mass is 261 g/mol. The van der Waals surface area contributed by atoms with Crippen molar-refractivity contribution in [2.45, 2.75) is 45.1 Å². The van der Waals surface area contributed by atoms with Gasteiger partial charge in [-0.3, -0.25) is 0 Å². The van der Waals surface area contributed by atoms with Crippen LogP contribution >= 0.6 is 0 Å². The van der Waals surface area contributed by atoms with Crippen LogP contribution < -0.4 is 0 Å². The molecule has 1 aliphatic heterocycles. The lowest BCUT2D eigenvalue weighted by Crippen LogP contribution is -2.40. The van der Waals surface area contributed by atoms with E-state index in [1.54, 1.807) is 12.1 Å². The number of benzene rings is 1. The van der Waals surface area contributed by atoms with Gasteiger partial charge in [-0.05, 0) is 56.3 Å². The van der Waals surface area contributed by atoms with Gasteiger partial charge in [0.25, 0.3) is 0 Å². The smallest absolute Gasteiger partial charge is 0.335 e. The van der Waals surface area contributed by atoms with E-state index in [2.05, 4.69) is 18.7 Å². The van der Waals surface area contributed by atoms with Gasteiger partial charge >= 0.3 is 5.97 Å². The van der Waals surface area contributed by atoms with Crippen molar-refractivity contribution in [3.05, 3.63) is 35.4 Å². The first-order chi connectivity index (χ1) is 9.11. The summed E-state index contributed by atoms with van der Waals surface area (Å²) < 4.78 is 0. The zero-order valence-electron chi connectivity index (χ0n) is 11.8. The zero-order valence-corrected chi connectivity index (χ0v) is 11.8. The quantitative estimate of drug-likeness (QED) is 0.903. The van der Waals surface area contributed by atoms with Gasteiger partial charge in [0.15, 0.2) is 0 Å². The first kappa shape index (κ1) is 14.1. The second-order valence-electron chi connectivity index (χ2n) is 5.52. The van der Waals surface area contributed by atoms with Crippen LogP contribution in [0.3, 0.4) is 0 Å². The first-order valence-electron chi connectivity index (χ1n) is 7.19. The minimum Gasteiger partial charge on any atom is -0.478 e. The molecule has 0 spiro atoms. The van der Waals surface area contributed by atoms with E-state index < -0.39 is 5.97 Å². The highest BCUT2D eigenvalue weighted by molar-refractivity contribution is 5.87. The minimum atomic E-state index is -0.851. The first-order valence-corrected chi connectivity index (χ1v) is 7.19. The molecule has 19 heavy (non-hydrogen) atoms. The Labute approximate surface area is 115 Å². The molecule has 3 heteroatoms. The number of aromatic carboxylic acids is 1. The largest absolute Gasteiger partial charge is 0.478 e. The Hall–Kier alpha value is -1.35. The summed E-state index contributed by atoms with van der Waals surface area (Å²) in [5.41, 5.74) is 1.65. The number of piperidine rings is 1. The van der Waals surface area contributed by atoms with Crippen LogP contribution in [0, 0.1) is 0 Å². The maximum Gasteiger partial charge on any atom is 0.335 e. The van der Waals surface area contributed by atoms with E-state index in [0.29, 0.717) is 17.5 Å². The van der Waals surface area contributed by atoms with Gasteiger partial charge < -0.3 is 10.0 Å². The molecular formula is C16H23NO2. The average molecular weight is 261 g/mol. The molecule has 2 unspecified atom stereocenters. The maximum absolute atomic E-state index is 10.9. The van der Waals surface area contributed by atoms with Crippen molar-refractivity contribution in [3.8, 4) is 0 Å². The summed E-state index contributed by atoms with van der Waals surface area (Å²) in [5.74, 6) is -0.304. The summed E-state index contributed by atoms with van der Waals surface area (Å²) in [6.45, 7) is 6.81. The topological polar surface area (TPSA) is 40.5 Å². The Balaban J connectivity index is 2.06. The summed E-state index contributed by atoms with van der Waals surface area (Å²) in [6, 6.07) is 8.04. The summed E-state index contributed by atoms with van der Waals surface area (Å²) in [4.78, 5) is 13.4. The fourth-order valence-corrected chi connectivity index (χ4v) is 2.83. The third-order valence-corrected chi connectivity index (χ3v) is 4.30. The molecule has 1 N–H and O–H groups in total. The molecule has 1 aromatic carbocycles. The van der Waals surface area contributed by atoms with Gasteiger partial charge in [-0.25, -0.2) is 4.79 Å². The molecule has 2 rings (SSSR count). The van der Waals surface area contributed by atoms with Crippen LogP contribution in [-0.4, -0.2) is 35.1 Å². The molecule has 2 atom stereocenters. The molecule has 0 bridgehead atoms. The van der Waals surface area contributed by atoms with E-state index in [1.165, 1.54) is 31.4 Å². The van der Waals surface area contributed by atoms with Crippen LogP contribution in [0.2, 0.25) is 0 Å². The zero-order chi connectivity index (χ0) is 13.8. The highest BCUT2D eigenvalue weighted by Crippen LogP contribution is 2.28. The van der Waals surface area contributed by atoms with Crippen LogP contribution in [0.1, 0.15) is 54.9 Å². The van der Waals surface area contributed by atoms with Gasteiger partial charge in [0, 0.05) is 12.6 Å². The van der Waals surface area contributed by atoms with Gasteiger partial charge in [-0.1, -0.05) is 19.1 Å². The fraction of sp³-hybridized carbons (Fsp3) is 0.562. The molecule has 0 saturated carbocycles. The molecule has 0 aromatic heterocycles. The second-order valence-corrected chi connectivity index (χ2v) is 5.52. The molecule has 0 amide bonds. The molecule has 1 aromatic rings. The van der Waals surface area contributed by atoms with E-state index in [0.717, 1.165) is 6.54 Å². The van der Waals surface area contributed by atoms with E-state index in [4.69, 9.17) is 5.11 Å². The van der Waals surface area contributed by atoms with Gasteiger partial charge in [-0.2, -0.15) is 0 Å². The lowest BCUT2D eigenvalue weighted by atomic mass is 9.89. The fourth-order valence-electron chi connectivity index (χ4n) is 2.83. The number of rotatable bonds is 4. The van der Waals surface area contributed by atoms with E-state index in [-0.39, 0.29) is 0 Å². The molecule has 3 nitrogen and oxygen atoms in total. The molecule has 1 aliphatic rings. The number of carboxylic acids is 1. The number of carbonyl (C=O) groups is 1. The number of hydrogen-bond donors (Lipinski definition) is 1. The van der Waals surface area contributed by atoms with Crippen molar-refractivity contribution in [2.24, 2.45) is 0 Å². The van der Waals surface area contributed by atoms with Crippen molar-refractivity contribution in [1.82, 2.24) is 4.90 Å². The Morgan fingerprint density at radius 2 is 2.11 bits per heavy atom. The average Bonchev–Trinajstić information content (AvgIpc) is 2.46. The highest BCUT2D eigenvalue weighted by atomic mass is 16.4. The molecule has 0 radical (unpaired) electrons. The van der Waals surface area contributed by atoms with Crippen LogP contribution in [0.15, 0.2) is 24.3 Å². The number of carboxylic acid groups (broad SMARTS) is 1. The minimum absolute atomic E-state index is 0.373. The van der Waals surface area contributed by atoms with Crippen molar-refractivity contribution >= 4 is 5.97 Å². The van der Waals surface area contributed by atoms with Crippen LogP contribution in [0.25, 0.3) is 0 Å². The Bertz CT molecular complexity index is 427. The standard InChI is InChI=1S/C16H23NO2/c1-3-12(2)17-10-4-5-15(11-17)13-6-8-14(9-7-13)16(18)19/h6-9,12,15H,3-5,10-11H2,1-2H3,(H,18,19). The lowest BCUT2D eigenvalue weighted by molar-refractivity contribution is 0.0697. The SMILES string of the molecule is CCC(C)N1CCCC(c2ccc(C(=O)O)cc2)C1. The Morgan fingerprint density at radius 3 is 2.68 bits per heavy atom. The van der Waals surface area contributed by atoms with Gasteiger partial charge in [0.2, 0.25) is 0 Å². The molecule has 104 valence electrons. The lowest BCUT2D eigenvalue weighted by Gasteiger charge is -2.36. The van der Waals surface area contributed by atoms with Crippen molar-refractivity contribution < 1.29 is 9.90 Å². The maximum atomic E-state index is 10.9. The van der Waals surface area contributed by atoms with Crippen molar-refractivity contribution in [2.75, 3.05) is 13.1 Å². The predicted molar refractivity (Wildman–Crippen MR) is 76.7 cm³/mol. The van der Waals surface area contributed by atoms with Gasteiger partial charge in [-0.15, -0.1) is 0 Å². The van der Waals surface area contributed by atoms with Crippen molar-refractivity contribution in [1.29, 1.82) is 0 Å². The highest BCUT2D eigenvalue weighted by Gasteiger charge is 2.23. The number of nitrogens with zero attached hydrogens (tertiary/aromatic N) is 1. The van der Waals surface area contributed by atoms with Crippen LogP contribution in [-0.2, 0) is 0 Å². The summed E-state index contributed by atoms with van der Waals surface area (Å²) >= 11 is 0. The second kappa shape index (κ2) is 6.20. The normalized spacial score (nSPS) is 22.1. The molecule has 0 aliphatic carbocycles. The van der Waals surface area contributed by atoms with Crippen LogP contribution in [0.5, 0.6) is 0 Å². The van der Waals surface area contributed by atoms with Gasteiger partial charge in [0.1, 0.15) is 0 Å². The molecule has 1 fully saturated rings. The van der Waals surface area contributed by atoms with Crippen LogP contribution in [0.4, 0.5) is 0 Å².